The Balaban J connectivity index is 0.000000270. The van der Waals surface area contributed by atoms with E-state index in [1.54, 1.807) is 97.1 Å². The van der Waals surface area contributed by atoms with Crippen LogP contribution in [0.4, 0.5) is 0 Å². The molecule has 8 atom stereocenters. The molecule has 6 aromatic carbocycles. The van der Waals surface area contributed by atoms with Crippen LogP contribution in [0.1, 0.15) is 203 Å². The van der Waals surface area contributed by atoms with Gasteiger partial charge < -0.3 is 20.4 Å². The van der Waals surface area contributed by atoms with Gasteiger partial charge in [0.1, 0.15) is 24.2 Å². The van der Waals surface area contributed by atoms with Crippen LogP contribution in [0.15, 0.2) is 165 Å². The van der Waals surface area contributed by atoms with Crippen LogP contribution in [0.3, 0.4) is 0 Å². The molecule has 6 aromatic rings. The number of hydrogen-bond donors (Lipinski definition) is 4. The number of hydrogen-bond acceptors (Lipinski definition) is 12. The van der Waals surface area contributed by atoms with Crippen molar-refractivity contribution in [3.8, 4) is 0 Å². The Bertz CT molecular complexity index is 3840. The summed E-state index contributed by atoms with van der Waals surface area (Å²) in [6.45, 7) is 24.1. The van der Waals surface area contributed by atoms with Crippen molar-refractivity contribution in [2.45, 2.75) is 224 Å². The van der Waals surface area contributed by atoms with Crippen LogP contribution in [-0.2, 0) is 120 Å². The van der Waals surface area contributed by atoms with Gasteiger partial charge in [-0.1, -0.05) is 180 Å². The fraction of sp³-hybridized carbons (Fsp3) is 0.444. The Labute approximate surface area is 603 Å². The third-order valence-corrected chi connectivity index (χ3v) is 26.7. The van der Waals surface area contributed by atoms with Crippen molar-refractivity contribution >= 4 is 64.0 Å². The molecule has 98 heavy (non-hydrogen) atoms. The summed E-state index contributed by atoms with van der Waals surface area (Å²) >= 11 is 0. The summed E-state index contributed by atoms with van der Waals surface area (Å²) in [5.41, 5.74) is 4.94. The monoisotopic (exact) mass is 1600 g/mol. The maximum Gasteiger partial charge on any atom is 0.322 e. The number of aliphatic carboxylic acids is 4. The van der Waals surface area contributed by atoms with Gasteiger partial charge in [-0.05, 0) is 166 Å². The summed E-state index contributed by atoms with van der Waals surface area (Å²) in [7, 11) is -17.0. The zero-order chi connectivity index (χ0) is 70.8. The molecule has 4 aliphatic rings. The van der Waals surface area contributed by atoms with Gasteiger partial charge in [0.05, 0.1) is 43.7 Å². The molecule has 4 saturated heterocycles. The Hall–Kier alpha value is -5.91. The average molecular weight is 1600 g/mol. The smallest absolute Gasteiger partial charge is 0.322 e. The average Bonchev–Trinajstić information content (AvgIpc) is 1.55. The van der Waals surface area contributed by atoms with Crippen molar-refractivity contribution < 1.29 is 112 Å². The van der Waals surface area contributed by atoms with Gasteiger partial charge in [0.2, 0.25) is 40.1 Å². The summed E-state index contributed by atoms with van der Waals surface area (Å²) in [5, 5.41) is 40.3. The van der Waals surface area contributed by atoms with Gasteiger partial charge in [0, 0.05) is 39.0 Å². The topological polar surface area (TPSA) is 299 Å². The maximum absolute atomic E-state index is 14.1. The Morgan fingerprint density at radius 3 is 0.602 bits per heavy atom. The van der Waals surface area contributed by atoms with Crippen LogP contribution in [0.2, 0.25) is 0 Å². The van der Waals surface area contributed by atoms with E-state index in [1.807, 2.05) is 83.1 Å². The minimum Gasteiger partial charge on any atom is -0.480 e. The van der Waals surface area contributed by atoms with Crippen molar-refractivity contribution in [1.82, 2.24) is 17.2 Å². The minimum absolute atomic E-state index is 0. The first-order valence-corrected chi connectivity index (χ1v) is 37.9. The third kappa shape index (κ3) is 16.2. The zero-order valence-electron chi connectivity index (χ0n) is 56.9. The molecule has 0 amide bonds. The maximum atomic E-state index is 14.1. The summed E-state index contributed by atoms with van der Waals surface area (Å²) < 4.78 is 117. The van der Waals surface area contributed by atoms with Crippen LogP contribution >= 0.6 is 0 Å². The van der Waals surface area contributed by atoms with E-state index in [4.69, 9.17) is 0 Å². The molecule has 4 aliphatic heterocycles. The fourth-order valence-corrected chi connectivity index (χ4v) is 20.9. The van der Waals surface area contributed by atoms with Crippen molar-refractivity contribution in [1.29, 1.82) is 0 Å². The van der Waals surface area contributed by atoms with Gasteiger partial charge in [-0.15, -0.1) is 0 Å². The first-order chi connectivity index (χ1) is 44.5. The van der Waals surface area contributed by atoms with Crippen LogP contribution in [0.25, 0.3) is 0 Å². The molecule has 0 aliphatic carbocycles. The predicted molar refractivity (Wildman–Crippen MR) is 363 cm³/mol. The summed E-state index contributed by atoms with van der Waals surface area (Å²) in [6, 6.07) is 31.0. The van der Waals surface area contributed by atoms with E-state index in [2.05, 4.69) is 0 Å². The summed E-state index contributed by atoms with van der Waals surface area (Å²) in [4.78, 5) is 49.4. The molecule has 0 aromatic heterocycles. The van der Waals surface area contributed by atoms with E-state index in [0.717, 1.165) is 39.5 Å². The SMILES string of the molecule is CC(C)(C)c1ccc(S(=O)(=O)N2[C@@H](C(=O)O)CC[C@H]2c2cccc([C@@H]3CC[C@H](C(=O)O)N3S(=O)(=O)c3ccc(C(C)(C)C)cc3)c2)cc1.CC(C)(C)c1ccc(S(=O)(=O)N2[C@@H](C(=O)O)CC[C@H]2c2cccc([C@@H]3CC[C@H](C(=O)O)N3S(=O)(=O)c3ccc(C(C)(C)C)cc3)c2)cc1.[Rh].[Rh]. The molecule has 10 rings (SSSR count). The van der Waals surface area contributed by atoms with Crippen molar-refractivity contribution in [3.63, 3.8) is 0 Å². The molecule has 534 valence electrons. The molecular formula is C72H88N4O16Rh2S4. The normalized spacial score (nSPS) is 22.5. The Morgan fingerprint density at radius 2 is 0.459 bits per heavy atom. The molecule has 0 spiro atoms. The van der Waals surface area contributed by atoms with E-state index in [0.29, 0.717) is 22.3 Å². The quantitative estimate of drug-likeness (QED) is 0.0655. The van der Waals surface area contributed by atoms with Crippen LogP contribution in [-0.4, -0.2) is 119 Å². The fourth-order valence-electron chi connectivity index (χ4n) is 13.6. The van der Waals surface area contributed by atoms with Crippen molar-refractivity contribution in [3.05, 3.63) is 190 Å². The van der Waals surface area contributed by atoms with Gasteiger partial charge in [0.25, 0.3) is 0 Å². The summed E-state index contributed by atoms with van der Waals surface area (Å²) in [5.74, 6) is -5.01. The van der Waals surface area contributed by atoms with Gasteiger partial charge in [-0.2, -0.15) is 17.2 Å². The number of rotatable bonds is 16. The Kier molecular flexibility index (Phi) is 24.0. The molecule has 2 radical (unpaired) electrons. The molecule has 26 heteroatoms. The first kappa shape index (κ1) is 79.4. The molecule has 0 bridgehead atoms. The van der Waals surface area contributed by atoms with Crippen LogP contribution in [0, 0.1) is 0 Å². The second-order valence-corrected chi connectivity index (χ2v) is 36.9. The standard InChI is InChI=1S/2C36H44N2O8S2.2Rh/c2*1-35(2,3)25-10-14-27(15-11-25)47(43,44)37-29(18-20-31(37)33(39)40)23-8-7-9-24(22-23)30-19-21-32(34(41)42)38(30)48(45,46)28-16-12-26(13-17-28)36(4,5)6;;/h2*7-17,22,29-32H,18-21H2,1-6H3,(H,39,40)(H,41,42);;/t2*29-,30-,31+,32+;;/m00../s1. The molecule has 20 nitrogen and oxygen atoms in total. The molecule has 4 fully saturated rings. The van der Waals surface area contributed by atoms with Crippen molar-refractivity contribution in [2.24, 2.45) is 0 Å². The van der Waals surface area contributed by atoms with Gasteiger partial charge >= 0.3 is 23.9 Å². The molecule has 0 unspecified atom stereocenters. The number of carboxylic acids is 4. The second kappa shape index (κ2) is 29.6. The Morgan fingerprint density at radius 1 is 0.296 bits per heavy atom. The first-order valence-electron chi connectivity index (χ1n) is 32.2. The van der Waals surface area contributed by atoms with E-state index in [-0.39, 0.29) is 132 Å². The van der Waals surface area contributed by atoms with Gasteiger partial charge in [0.15, 0.2) is 0 Å². The number of sulfonamides is 4. The molecule has 4 N–H and O–H groups in total. The third-order valence-electron chi connectivity index (χ3n) is 19.0. The van der Waals surface area contributed by atoms with E-state index in [1.165, 1.54) is 48.5 Å². The minimum atomic E-state index is -4.26. The van der Waals surface area contributed by atoms with E-state index < -0.39 is 112 Å². The van der Waals surface area contributed by atoms with Gasteiger partial charge in [-0.3, -0.25) is 19.2 Å². The molecule has 4 heterocycles. The van der Waals surface area contributed by atoms with Crippen LogP contribution in [0.5, 0.6) is 0 Å². The largest absolute Gasteiger partial charge is 0.480 e. The van der Waals surface area contributed by atoms with Crippen LogP contribution < -0.4 is 0 Å². The zero-order valence-corrected chi connectivity index (χ0v) is 63.5. The molecular weight excluding hydrogens is 1510 g/mol. The van der Waals surface area contributed by atoms with Crippen molar-refractivity contribution in [2.75, 3.05) is 0 Å². The number of benzene rings is 6. The predicted octanol–water partition coefficient (Wildman–Crippen LogP) is 12.5. The molecule has 0 saturated carbocycles. The summed E-state index contributed by atoms with van der Waals surface area (Å²) in [6.07, 6.45) is 1.35. The van der Waals surface area contributed by atoms with Gasteiger partial charge in [-0.25, -0.2) is 33.7 Å². The number of carbonyl (C=O) groups is 4. The number of nitrogens with zero attached hydrogens (tertiary/aromatic N) is 4. The number of carboxylic acid groups (broad SMARTS) is 4. The van der Waals surface area contributed by atoms with E-state index in [9.17, 15) is 73.3 Å². The van der Waals surface area contributed by atoms with E-state index >= 15 is 0 Å². The second-order valence-electron chi connectivity index (χ2n) is 29.6.